The molecule has 1 N–H and O–H groups in total. The van der Waals surface area contributed by atoms with Crippen molar-refractivity contribution >= 4 is 0 Å². The third-order valence-corrected chi connectivity index (χ3v) is 5.15. The summed E-state index contributed by atoms with van der Waals surface area (Å²) in [5.41, 5.74) is 4.04. The van der Waals surface area contributed by atoms with Gasteiger partial charge in [0.2, 0.25) is 0 Å². The standard InChI is InChI=1S/C16H27N3O/c1-4-19-15-6-8-18(10-13(15)14(11-20)17-19)12-5-7-16(2,3)9-12/h12,20H,4-11H2,1-3H3. The molecule has 0 spiro atoms. The van der Waals surface area contributed by atoms with E-state index >= 15 is 0 Å². The van der Waals surface area contributed by atoms with Crippen LogP contribution >= 0.6 is 0 Å². The molecule has 3 rings (SSSR count). The normalized spacial score (nSPS) is 25.9. The summed E-state index contributed by atoms with van der Waals surface area (Å²) in [4.78, 5) is 2.62. The van der Waals surface area contributed by atoms with Crippen molar-refractivity contribution in [3.63, 3.8) is 0 Å². The van der Waals surface area contributed by atoms with E-state index < -0.39 is 0 Å². The van der Waals surface area contributed by atoms with Crippen LogP contribution < -0.4 is 0 Å². The fourth-order valence-electron chi connectivity index (χ4n) is 3.99. The van der Waals surface area contributed by atoms with Gasteiger partial charge >= 0.3 is 0 Å². The lowest BCUT2D eigenvalue weighted by atomic mass is 9.91. The number of aliphatic hydroxyl groups excluding tert-OH is 1. The minimum Gasteiger partial charge on any atom is -0.390 e. The number of aromatic nitrogens is 2. The van der Waals surface area contributed by atoms with Gasteiger partial charge in [-0.3, -0.25) is 9.58 Å². The summed E-state index contributed by atoms with van der Waals surface area (Å²) in [6.45, 7) is 9.99. The molecule has 1 unspecified atom stereocenters. The maximum Gasteiger partial charge on any atom is 0.0926 e. The molecule has 20 heavy (non-hydrogen) atoms. The lowest BCUT2D eigenvalue weighted by molar-refractivity contribution is 0.166. The molecular formula is C16H27N3O. The highest BCUT2D eigenvalue weighted by Gasteiger charge is 2.36. The Morgan fingerprint density at radius 1 is 1.40 bits per heavy atom. The van der Waals surface area contributed by atoms with E-state index in [2.05, 4.69) is 35.5 Å². The Morgan fingerprint density at radius 3 is 2.80 bits per heavy atom. The third kappa shape index (κ3) is 2.40. The molecule has 0 bridgehead atoms. The Morgan fingerprint density at radius 2 is 2.20 bits per heavy atom. The molecule has 4 heteroatoms. The Labute approximate surface area is 121 Å². The van der Waals surface area contributed by atoms with Gasteiger partial charge in [0.1, 0.15) is 0 Å². The molecule has 1 aliphatic carbocycles. The molecule has 1 fully saturated rings. The first-order valence-electron chi connectivity index (χ1n) is 7.96. The fourth-order valence-corrected chi connectivity index (χ4v) is 3.99. The van der Waals surface area contributed by atoms with Crippen molar-refractivity contribution in [2.45, 2.75) is 72.2 Å². The van der Waals surface area contributed by atoms with Crippen LogP contribution in [-0.4, -0.2) is 32.4 Å². The lowest BCUT2D eigenvalue weighted by Crippen LogP contribution is -2.38. The van der Waals surface area contributed by atoms with Crippen LogP contribution in [0.2, 0.25) is 0 Å². The number of hydrogen-bond donors (Lipinski definition) is 1. The van der Waals surface area contributed by atoms with Crippen LogP contribution in [0.25, 0.3) is 0 Å². The topological polar surface area (TPSA) is 41.3 Å². The van der Waals surface area contributed by atoms with Crippen LogP contribution in [0.15, 0.2) is 0 Å². The summed E-state index contributed by atoms with van der Waals surface area (Å²) in [7, 11) is 0. The third-order valence-electron chi connectivity index (χ3n) is 5.15. The van der Waals surface area contributed by atoms with Gasteiger partial charge in [-0.15, -0.1) is 0 Å². The minimum absolute atomic E-state index is 0.0688. The van der Waals surface area contributed by atoms with Crippen molar-refractivity contribution in [3.05, 3.63) is 17.0 Å². The maximum atomic E-state index is 9.54. The monoisotopic (exact) mass is 277 g/mol. The van der Waals surface area contributed by atoms with E-state index in [1.807, 2.05) is 0 Å². The quantitative estimate of drug-likeness (QED) is 0.922. The van der Waals surface area contributed by atoms with Crippen LogP contribution in [0.4, 0.5) is 0 Å². The molecule has 0 radical (unpaired) electrons. The van der Waals surface area contributed by atoms with Crippen molar-refractivity contribution in [2.24, 2.45) is 5.41 Å². The lowest BCUT2D eigenvalue weighted by Gasteiger charge is -2.33. The fraction of sp³-hybridized carbons (Fsp3) is 0.812. The van der Waals surface area contributed by atoms with Crippen LogP contribution in [0.3, 0.4) is 0 Å². The van der Waals surface area contributed by atoms with E-state index in [4.69, 9.17) is 0 Å². The summed E-state index contributed by atoms with van der Waals surface area (Å²) < 4.78 is 2.08. The van der Waals surface area contributed by atoms with Gasteiger partial charge in [-0.25, -0.2) is 0 Å². The van der Waals surface area contributed by atoms with Crippen molar-refractivity contribution in [1.82, 2.24) is 14.7 Å². The van der Waals surface area contributed by atoms with Gasteiger partial charge in [-0.05, 0) is 31.6 Å². The molecule has 1 aliphatic heterocycles. The van der Waals surface area contributed by atoms with Crippen LogP contribution in [0.1, 0.15) is 57.0 Å². The van der Waals surface area contributed by atoms with Gasteiger partial charge in [0, 0.05) is 43.4 Å². The molecule has 4 nitrogen and oxygen atoms in total. The van der Waals surface area contributed by atoms with E-state index in [1.54, 1.807) is 0 Å². The summed E-state index contributed by atoms with van der Waals surface area (Å²) in [6, 6.07) is 0.717. The van der Waals surface area contributed by atoms with Crippen molar-refractivity contribution in [3.8, 4) is 0 Å². The first-order chi connectivity index (χ1) is 9.54. The molecule has 2 heterocycles. The number of fused-ring (bicyclic) bond motifs is 1. The van der Waals surface area contributed by atoms with Gasteiger partial charge in [0.15, 0.2) is 0 Å². The largest absolute Gasteiger partial charge is 0.390 e. The Balaban J connectivity index is 1.80. The molecule has 1 saturated carbocycles. The molecule has 1 aromatic heterocycles. The smallest absolute Gasteiger partial charge is 0.0926 e. The number of nitrogens with zero attached hydrogens (tertiary/aromatic N) is 3. The zero-order chi connectivity index (χ0) is 14.3. The Kier molecular flexibility index (Phi) is 3.63. The van der Waals surface area contributed by atoms with Gasteiger partial charge in [0.05, 0.1) is 12.3 Å². The van der Waals surface area contributed by atoms with E-state index in [0.29, 0.717) is 5.41 Å². The second-order valence-corrected chi connectivity index (χ2v) is 7.13. The van der Waals surface area contributed by atoms with Crippen molar-refractivity contribution in [2.75, 3.05) is 6.54 Å². The van der Waals surface area contributed by atoms with Gasteiger partial charge in [-0.1, -0.05) is 13.8 Å². The summed E-state index contributed by atoms with van der Waals surface area (Å²) in [5, 5.41) is 14.1. The van der Waals surface area contributed by atoms with Crippen molar-refractivity contribution in [1.29, 1.82) is 0 Å². The first-order valence-corrected chi connectivity index (χ1v) is 7.96. The number of aliphatic hydroxyl groups is 1. The average Bonchev–Trinajstić information content (AvgIpc) is 2.97. The molecular weight excluding hydrogens is 250 g/mol. The number of aryl methyl sites for hydroxylation is 1. The highest BCUT2D eigenvalue weighted by molar-refractivity contribution is 5.28. The Hall–Kier alpha value is -0.870. The summed E-state index contributed by atoms with van der Waals surface area (Å²) in [5.74, 6) is 0. The second kappa shape index (κ2) is 5.15. The predicted molar refractivity (Wildman–Crippen MR) is 79.4 cm³/mol. The molecule has 1 atom stereocenters. The molecule has 0 saturated heterocycles. The van der Waals surface area contributed by atoms with Crippen molar-refractivity contribution < 1.29 is 5.11 Å². The average molecular weight is 277 g/mol. The molecule has 112 valence electrons. The van der Waals surface area contributed by atoms with E-state index in [-0.39, 0.29) is 6.61 Å². The molecule has 0 amide bonds. The summed E-state index contributed by atoms with van der Waals surface area (Å²) >= 11 is 0. The Bertz CT molecular complexity index is 492. The molecule has 1 aromatic rings. The van der Waals surface area contributed by atoms with Crippen LogP contribution in [0.5, 0.6) is 0 Å². The van der Waals surface area contributed by atoms with E-state index in [1.165, 1.54) is 30.5 Å². The zero-order valence-electron chi connectivity index (χ0n) is 13.0. The maximum absolute atomic E-state index is 9.54. The number of rotatable bonds is 3. The van der Waals surface area contributed by atoms with Gasteiger partial charge in [-0.2, -0.15) is 5.10 Å². The highest BCUT2D eigenvalue weighted by atomic mass is 16.3. The van der Waals surface area contributed by atoms with Crippen LogP contribution in [-0.2, 0) is 26.1 Å². The van der Waals surface area contributed by atoms with Gasteiger partial charge < -0.3 is 5.11 Å². The molecule has 0 aromatic carbocycles. The zero-order valence-corrected chi connectivity index (χ0v) is 13.0. The summed E-state index contributed by atoms with van der Waals surface area (Å²) in [6.07, 6.45) is 5.03. The van der Waals surface area contributed by atoms with Gasteiger partial charge in [0.25, 0.3) is 0 Å². The molecule has 2 aliphatic rings. The second-order valence-electron chi connectivity index (χ2n) is 7.13. The predicted octanol–water partition coefficient (Wildman–Crippen LogP) is 2.33. The first kappa shape index (κ1) is 14.1. The highest BCUT2D eigenvalue weighted by Crippen LogP contribution is 2.40. The minimum atomic E-state index is 0.0688. The van der Waals surface area contributed by atoms with Crippen LogP contribution in [0, 0.1) is 5.41 Å². The number of hydrogen-bond acceptors (Lipinski definition) is 3. The van der Waals surface area contributed by atoms with E-state index in [9.17, 15) is 5.11 Å². The van der Waals surface area contributed by atoms with E-state index in [0.717, 1.165) is 37.8 Å². The SMILES string of the molecule is CCn1nc(CO)c2c1CCN(C1CCC(C)(C)C1)C2.